The summed E-state index contributed by atoms with van der Waals surface area (Å²) in [5.41, 5.74) is 4.78. The largest absolute Gasteiger partial charge is 0.462 e. The molecule has 0 aromatic carbocycles. The molecular weight excluding hydrogens is 273 g/mol. The van der Waals surface area contributed by atoms with E-state index >= 15 is 0 Å². The summed E-state index contributed by atoms with van der Waals surface area (Å²) in [5.74, 6) is -5.95. The highest BCUT2D eigenvalue weighted by Gasteiger charge is 2.62. The zero-order valence-electron chi connectivity index (χ0n) is 8.17. The highest BCUT2D eigenvalue weighted by molar-refractivity contribution is 5.85. The topological polar surface area (TPSA) is 59.4 Å². The van der Waals surface area contributed by atoms with Gasteiger partial charge in [-0.2, -0.15) is 22.0 Å². The van der Waals surface area contributed by atoms with Crippen molar-refractivity contribution in [3.63, 3.8) is 0 Å². The molecule has 0 aliphatic rings. The number of nitrogens with two attached hydrogens (primary N) is 1. The van der Waals surface area contributed by atoms with Crippen LogP contribution in [0.1, 0.15) is 17.6 Å². The van der Waals surface area contributed by atoms with Crippen LogP contribution >= 0.6 is 12.4 Å². The fourth-order valence-corrected chi connectivity index (χ4v) is 1.00. The first kappa shape index (κ1) is 16.1. The van der Waals surface area contributed by atoms with Gasteiger partial charge in [-0.15, -0.1) is 12.4 Å². The lowest BCUT2D eigenvalue weighted by Gasteiger charge is -2.24. The van der Waals surface area contributed by atoms with E-state index in [0.29, 0.717) is 0 Å². The molecule has 0 fully saturated rings. The molecule has 100 valence electrons. The van der Waals surface area contributed by atoms with E-state index in [1.165, 1.54) is 0 Å². The second-order valence-electron chi connectivity index (χ2n) is 3.06. The van der Waals surface area contributed by atoms with Gasteiger partial charge in [0, 0.05) is 0 Å². The summed E-state index contributed by atoms with van der Waals surface area (Å²) in [4.78, 5) is 0. The number of rotatable bonds is 3. The van der Waals surface area contributed by atoms with Crippen molar-refractivity contribution in [1.29, 1.82) is 0 Å². The van der Waals surface area contributed by atoms with E-state index in [1.54, 1.807) is 0 Å². The second kappa shape index (κ2) is 5.19. The van der Waals surface area contributed by atoms with E-state index in [4.69, 9.17) is 10.8 Å². The molecule has 3 nitrogen and oxygen atoms in total. The Hall–Kier alpha value is -0.860. The van der Waals surface area contributed by atoms with Crippen LogP contribution in [0.4, 0.5) is 22.0 Å². The monoisotopic (exact) mass is 281 g/mol. The molecule has 0 unspecified atom stereocenters. The van der Waals surface area contributed by atoms with Gasteiger partial charge in [0.05, 0.1) is 0 Å². The fraction of sp³-hybridized carbons (Fsp3) is 0.500. The molecule has 0 aliphatic heterocycles. The molecule has 0 bridgehead atoms. The summed E-state index contributed by atoms with van der Waals surface area (Å²) >= 11 is 0. The van der Waals surface area contributed by atoms with Crippen molar-refractivity contribution in [2.75, 3.05) is 0 Å². The van der Waals surface area contributed by atoms with Crippen LogP contribution in [0.15, 0.2) is 16.5 Å². The second-order valence-corrected chi connectivity index (χ2v) is 3.06. The Morgan fingerprint density at radius 1 is 1.24 bits per heavy atom. The van der Waals surface area contributed by atoms with Crippen LogP contribution in [0, 0.1) is 0 Å². The summed E-state index contributed by atoms with van der Waals surface area (Å²) in [7, 11) is 0. The Morgan fingerprint density at radius 3 is 2.12 bits per heavy atom. The molecule has 1 rings (SSSR count). The van der Waals surface area contributed by atoms with Crippen molar-refractivity contribution in [2.45, 2.75) is 24.7 Å². The van der Waals surface area contributed by atoms with Gasteiger partial charge in [0.25, 0.3) is 0 Å². The van der Waals surface area contributed by atoms with E-state index in [-0.39, 0.29) is 18.2 Å². The molecule has 0 spiro atoms. The standard InChI is InChI=1S/C8H8F5NO2.ClH/c9-7(10,8(11,12)13)6(14)5-2-1-4(3-15)16-5;/h1-2,6,15H,3,14H2;1H/t6-;/m0./s1. The average Bonchev–Trinajstić information content (AvgIpc) is 2.62. The number of hydrogen-bond acceptors (Lipinski definition) is 3. The van der Waals surface area contributed by atoms with Gasteiger partial charge in [-0.05, 0) is 12.1 Å². The third-order valence-corrected chi connectivity index (χ3v) is 1.91. The van der Waals surface area contributed by atoms with E-state index < -0.39 is 30.5 Å². The highest BCUT2D eigenvalue weighted by atomic mass is 35.5. The predicted molar refractivity (Wildman–Crippen MR) is 49.8 cm³/mol. The average molecular weight is 282 g/mol. The number of aliphatic hydroxyl groups is 1. The molecule has 1 aromatic rings. The van der Waals surface area contributed by atoms with Gasteiger partial charge < -0.3 is 15.3 Å². The molecule has 0 saturated heterocycles. The number of furan rings is 1. The van der Waals surface area contributed by atoms with Gasteiger partial charge in [0.1, 0.15) is 24.2 Å². The summed E-state index contributed by atoms with van der Waals surface area (Å²) in [6.07, 6.45) is -5.75. The number of halogens is 6. The van der Waals surface area contributed by atoms with Crippen molar-refractivity contribution >= 4 is 12.4 Å². The third-order valence-electron chi connectivity index (χ3n) is 1.91. The van der Waals surface area contributed by atoms with Crippen molar-refractivity contribution in [1.82, 2.24) is 0 Å². The van der Waals surface area contributed by atoms with Crippen molar-refractivity contribution < 1.29 is 31.5 Å². The molecule has 3 N–H and O–H groups in total. The lowest BCUT2D eigenvalue weighted by molar-refractivity contribution is -0.292. The normalized spacial score (nSPS) is 14.3. The molecule has 1 heterocycles. The highest BCUT2D eigenvalue weighted by Crippen LogP contribution is 2.43. The zero-order valence-corrected chi connectivity index (χ0v) is 8.99. The van der Waals surface area contributed by atoms with Gasteiger partial charge >= 0.3 is 12.1 Å². The van der Waals surface area contributed by atoms with Gasteiger partial charge in [-0.3, -0.25) is 0 Å². The summed E-state index contributed by atoms with van der Waals surface area (Å²) < 4.78 is 65.8. The van der Waals surface area contributed by atoms with Crippen LogP contribution < -0.4 is 5.73 Å². The smallest absolute Gasteiger partial charge is 0.455 e. The van der Waals surface area contributed by atoms with E-state index in [2.05, 4.69) is 4.42 Å². The van der Waals surface area contributed by atoms with Gasteiger partial charge in [-0.25, -0.2) is 0 Å². The molecule has 0 aliphatic carbocycles. The van der Waals surface area contributed by atoms with Crippen molar-refractivity contribution in [3.8, 4) is 0 Å². The maximum absolute atomic E-state index is 12.8. The van der Waals surface area contributed by atoms with Crippen LogP contribution in [0.25, 0.3) is 0 Å². The van der Waals surface area contributed by atoms with Gasteiger partial charge in [0.15, 0.2) is 0 Å². The molecule has 17 heavy (non-hydrogen) atoms. The Labute approximate surface area is 98.8 Å². The summed E-state index contributed by atoms with van der Waals surface area (Å²) in [6, 6.07) is -0.690. The van der Waals surface area contributed by atoms with Crippen molar-refractivity contribution in [3.05, 3.63) is 23.7 Å². The minimum absolute atomic E-state index is 0. The SMILES string of the molecule is Cl.N[C@@H](c1ccc(CO)o1)C(F)(F)C(F)(F)F. The van der Waals surface area contributed by atoms with Crippen LogP contribution in [0.3, 0.4) is 0 Å². The fourth-order valence-electron chi connectivity index (χ4n) is 1.00. The molecule has 1 aromatic heterocycles. The minimum atomic E-state index is -5.75. The lowest BCUT2D eigenvalue weighted by Crippen LogP contribution is -2.45. The molecule has 0 radical (unpaired) electrons. The Kier molecular flexibility index (Phi) is 4.93. The maximum atomic E-state index is 12.8. The summed E-state index contributed by atoms with van der Waals surface area (Å²) in [5, 5.41) is 8.55. The van der Waals surface area contributed by atoms with E-state index in [1.807, 2.05) is 0 Å². The van der Waals surface area contributed by atoms with E-state index in [9.17, 15) is 22.0 Å². The quantitative estimate of drug-likeness (QED) is 0.836. The van der Waals surface area contributed by atoms with Gasteiger partial charge in [-0.1, -0.05) is 0 Å². The predicted octanol–water partition coefficient (Wildman–Crippen LogP) is 2.39. The van der Waals surface area contributed by atoms with Gasteiger partial charge in [0.2, 0.25) is 0 Å². The molecule has 9 heteroatoms. The first-order chi connectivity index (χ1) is 7.20. The number of aliphatic hydroxyl groups excluding tert-OH is 1. The molecule has 0 amide bonds. The Morgan fingerprint density at radius 2 is 1.76 bits per heavy atom. The first-order valence-electron chi connectivity index (χ1n) is 4.09. The zero-order chi connectivity index (χ0) is 12.6. The number of alkyl halides is 5. The van der Waals surface area contributed by atoms with Crippen LogP contribution in [0.2, 0.25) is 0 Å². The van der Waals surface area contributed by atoms with E-state index in [0.717, 1.165) is 12.1 Å². The van der Waals surface area contributed by atoms with Crippen LogP contribution in [-0.2, 0) is 6.61 Å². The van der Waals surface area contributed by atoms with Crippen LogP contribution in [-0.4, -0.2) is 17.2 Å². The third kappa shape index (κ3) is 3.08. The molecular formula is C8H9ClF5NO2. The van der Waals surface area contributed by atoms with Crippen molar-refractivity contribution in [2.24, 2.45) is 5.73 Å². The Balaban J connectivity index is 0.00000256. The number of hydrogen-bond donors (Lipinski definition) is 2. The maximum Gasteiger partial charge on any atom is 0.455 e. The lowest BCUT2D eigenvalue weighted by atomic mass is 10.1. The Bertz CT molecular complexity index is 365. The molecule has 1 atom stereocenters. The molecule has 0 saturated carbocycles. The minimum Gasteiger partial charge on any atom is -0.462 e. The first-order valence-corrected chi connectivity index (χ1v) is 4.09. The van der Waals surface area contributed by atoms with Crippen LogP contribution in [0.5, 0.6) is 0 Å². The summed E-state index contributed by atoms with van der Waals surface area (Å²) in [6.45, 7) is -0.607.